The van der Waals surface area contributed by atoms with Gasteiger partial charge in [-0.05, 0) is 65.4 Å². The molecule has 9 nitrogen and oxygen atoms in total. The number of aromatic amines is 1. The fourth-order valence-corrected chi connectivity index (χ4v) is 3.75. The topological polar surface area (TPSA) is 141 Å². The van der Waals surface area contributed by atoms with Crippen LogP contribution >= 0.6 is 0 Å². The van der Waals surface area contributed by atoms with E-state index in [1.165, 1.54) is 6.07 Å². The van der Waals surface area contributed by atoms with Crippen LogP contribution in [-0.2, 0) is 0 Å². The summed E-state index contributed by atoms with van der Waals surface area (Å²) < 4.78 is 7.46. The first-order valence-electron chi connectivity index (χ1n) is 10.2. The first-order chi connectivity index (χ1) is 16.4. The SMILES string of the molecule is N#Cc1ccc2cc3c(=O)[nH]c(=O)nc-3n(-c3ccc(Oc4cccc(B(O)O)c4)cc3)c2c1. The molecule has 3 aromatic rings. The summed E-state index contributed by atoms with van der Waals surface area (Å²) in [5, 5.41) is 28.8. The van der Waals surface area contributed by atoms with Gasteiger partial charge in [0.15, 0.2) is 5.82 Å². The fourth-order valence-electron chi connectivity index (χ4n) is 3.75. The minimum atomic E-state index is -1.61. The molecule has 3 aromatic carbocycles. The number of pyridine rings is 1. The molecule has 164 valence electrons. The molecule has 0 radical (unpaired) electrons. The second-order valence-electron chi connectivity index (χ2n) is 7.52. The molecule has 0 unspecified atom stereocenters. The van der Waals surface area contributed by atoms with Crippen LogP contribution in [0.3, 0.4) is 0 Å². The largest absolute Gasteiger partial charge is 0.488 e. The molecule has 0 atom stereocenters. The van der Waals surface area contributed by atoms with Crippen molar-refractivity contribution in [2.75, 3.05) is 0 Å². The summed E-state index contributed by atoms with van der Waals surface area (Å²) in [6.07, 6.45) is 0. The van der Waals surface area contributed by atoms with E-state index < -0.39 is 18.4 Å². The number of benzene rings is 3. The summed E-state index contributed by atoms with van der Waals surface area (Å²) in [6, 6.07) is 22.0. The third kappa shape index (κ3) is 3.82. The lowest BCUT2D eigenvalue weighted by atomic mass is 9.80. The van der Waals surface area contributed by atoms with Gasteiger partial charge in [0, 0.05) is 5.69 Å². The smallest absolute Gasteiger partial charge is 0.457 e. The van der Waals surface area contributed by atoms with Crippen molar-refractivity contribution in [1.82, 2.24) is 14.5 Å². The summed E-state index contributed by atoms with van der Waals surface area (Å²) >= 11 is 0. The molecule has 0 saturated carbocycles. The van der Waals surface area contributed by atoms with Crippen molar-refractivity contribution in [2.24, 2.45) is 0 Å². The van der Waals surface area contributed by atoms with Crippen LogP contribution < -0.4 is 21.4 Å². The van der Waals surface area contributed by atoms with Crippen molar-refractivity contribution in [3.8, 4) is 34.6 Å². The lowest BCUT2D eigenvalue weighted by Gasteiger charge is -2.18. The van der Waals surface area contributed by atoms with E-state index >= 15 is 0 Å². The van der Waals surface area contributed by atoms with Gasteiger partial charge >= 0.3 is 12.8 Å². The molecule has 0 spiro atoms. The highest BCUT2D eigenvalue weighted by atomic mass is 16.5. The van der Waals surface area contributed by atoms with Crippen LogP contribution in [-0.4, -0.2) is 31.7 Å². The molecule has 2 heterocycles. The zero-order valence-electron chi connectivity index (χ0n) is 17.5. The Morgan fingerprint density at radius 3 is 2.50 bits per heavy atom. The number of rotatable bonds is 4. The Bertz CT molecular complexity index is 1670. The average molecular weight is 450 g/mol. The predicted octanol–water partition coefficient (Wildman–Crippen LogP) is 1.52. The Balaban J connectivity index is 1.64. The summed E-state index contributed by atoms with van der Waals surface area (Å²) in [5.74, 6) is 1.06. The maximum Gasteiger partial charge on any atom is 0.488 e. The molecule has 2 aliphatic rings. The predicted molar refractivity (Wildman–Crippen MR) is 126 cm³/mol. The van der Waals surface area contributed by atoms with Crippen LogP contribution in [0.15, 0.2) is 82.4 Å². The summed E-state index contributed by atoms with van der Waals surface area (Å²) in [5.41, 5.74) is 0.811. The normalized spacial score (nSPS) is 10.9. The minimum absolute atomic E-state index is 0.162. The Kier molecular flexibility index (Phi) is 5.18. The standard InChI is InChI=1S/C24H15BN4O5/c26-13-14-4-5-15-11-20-22(27-24(31)28-23(20)30)29(21(15)10-14)17-6-8-18(9-7-17)34-19-3-1-2-16(12-19)25(32)33/h1-12,32-33H,(H,28,30,31). The van der Waals surface area contributed by atoms with Gasteiger partial charge < -0.3 is 14.8 Å². The van der Waals surface area contributed by atoms with Gasteiger partial charge in [-0.25, -0.2) is 4.79 Å². The van der Waals surface area contributed by atoms with E-state index in [-0.39, 0.29) is 11.4 Å². The molecule has 0 saturated heterocycles. The van der Waals surface area contributed by atoms with Crippen molar-refractivity contribution < 1.29 is 14.8 Å². The number of fused-ring (bicyclic) bond motifs is 2. The van der Waals surface area contributed by atoms with E-state index in [9.17, 15) is 24.9 Å². The van der Waals surface area contributed by atoms with Crippen LogP contribution in [0.1, 0.15) is 5.56 Å². The van der Waals surface area contributed by atoms with Crippen molar-refractivity contribution in [3.63, 3.8) is 0 Å². The molecule has 0 bridgehead atoms. The molecule has 0 amide bonds. The van der Waals surface area contributed by atoms with E-state index in [0.29, 0.717) is 39.1 Å². The average Bonchev–Trinajstić information content (AvgIpc) is 2.83. The first kappa shape index (κ1) is 21.1. The second-order valence-corrected chi connectivity index (χ2v) is 7.52. The van der Waals surface area contributed by atoms with Gasteiger partial charge in [-0.1, -0.05) is 18.2 Å². The van der Waals surface area contributed by atoms with Crippen molar-refractivity contribution in [2.45, 2.75) is 0 Å². The van der Waals surface area contributed by atoms with Gasteiger partial charge in [0.05, 0.1) is 22.7 Å². The van der Waals surface area contributed by atoms with Crippen LogP contribution in [0.2, 0.25) is 0 Å². The van der Waals surface area contributed by atoms with Gasteiger partial charge in [-0.3, -0.25) is 14.3 Å². The Labute approximate surface area is 192 Å². The molecular formula is C24H15BN4O5. The molecule has 3 N–H and O–H groups in total. The van der Waals surface area contributed by atoms with E-state index in [0.717, 1.165) is 0 Å². The van der Waals surface area contributed by atoms with Crippen molar-refractivity contribution in [1.29, 1.82) is 5.26 Å². The third-order valence-electron chi connectivity index (χ3n) is 5.31. The molecule has 0 fully saturated rings. The highest BCUT2D eigenvalue weighted by Crippen LogP contribution is 2.30. The number of ether oxygens (including phenoxy) is 1. The highest BCUT2D eigenvalue weighted by molar-refractivity contribution is 6.58. The Hall–Kier alpha value is -4.72. The highest BCUT2D eigenvalue weighted by Gasteiger charge is 2.18. The van der Waals surface area contributed by atoms with Crippen LogP contribution in [0.25, 0.3) is 28.0 Å². The van der Waals surface area contributed by atoms with Gasteiger partial charge in [0.25, 0.3) is 5.56 Å². The third-order valence-corrected chi connectivity index (χ3v) is 5.31. The molecule has 0 aromatic heterocycles. The number of aromatic nitrogens is 3. The summed E-state index contributed by atoms with van der Waals surface area (Å²) in [4.78, 5) is 30.7. The number of hydrogen-bond acceptors (Lipinski definition) is 7. The lowest BCUT2D eigenvalue weighted by molar-refractivity contribution is 0.425. The maximum absolute atomic E-state index is 12.5. The molecular weight excluding hydrogens is 435 g/mol. The zero-order valence-corrected chi connectivity index (χ0v) is 17.5. The molecule has 2 aliphatic heterocycles. The quantitative estimate of drug-likeness (QED) is 0.279. The Morgan fingerprint density at radius 2 is 1.76 bits per heavy atom. The molecule has 34 heavy (non-hydrogen) atoms. The Morgan fingerprint density at radius 1 is 0.971 bits per heavy atom. The van der Waals surface area contributed by atoms with E-state index in [4.69, 9.17) is 4.74 Å². The summed E-state index contributed by atoms with van der Waals surface area (Å²) in [6.45, 7) is 0. The maximum atomic E-state index is 12.5. The van der Waals surface area contributed by atoms with E-state index in [1.807, 2.05) is 0 Å². The van der Waals surface area contributed by atoms with Crippen LogP contribution in [0.4, 0.5) is 0 Å². The number of hydrogen-bond donors (Lipinski definition) is 3. The van der Waals surface area contributed by atoms with Gasteiger partial charge in [0.2, 0.25) is 0 Å². The monoisotopic (exact) mass is 450 g/mol. The van der Waals surface area contributed by atoms with Gasteiger partial charge in [-0.2, -0.15) is 10.2 Å². The number of nitrogens with zero attached hydrogens (tertiary/aromatic N) is 3. The van der Waals surface area contributed by atoms with Crippen LogP contribution in [0.5, 0.6) is 11.5 Å². The number of nitrogens with one attached hydrogen (secondary N) is 1. The van der Waals surface area contributed by atoms with Gasteiger partial charge in [-0.15, -0.1) is 0 Å². The lowest BCUT2D eigenvalue weighted by Crippen LogP contribution is -2.29. The van der Waals surface area contributed by atoms with E-state index in [1.54, 1.807) is 71.3 Å². The minimum Gasteiger partial charge on any atom is -0.457 e. The number of nitriles is 1. The first-order valence-corrected chi connectivity index (χ1v) is 10.2. The summed E-state index contributed by atoms with van der Waals surface area (Å²) in [7, 11) is -1.61. The van der Waals surface area contributed by atoms with Gasteiger partial charge in [0.1, 0.15) is 11.5 Å². The van der Waals surface area contributed by atoms with Crippen molar-refractivity contribution >= 4 is 23.5 Å². The van der Waals surface area contributed by atoms with Crippen molar-refractivity contribution in [3.05, 3.63) is 99.2 Å². The molecule has 5 rings (SSSR count). The number of H-pyrrole nitrogens is 1. The fraction of sp³-hybridized carbons (Fsp3) is 0. The molecule has 0 aliphatic carbocycles. The second kappa shape index (κ2) is 8.33. The van der Waals surface area contributed by atoms with Crippen LogP contribution in [0, 0.1) is 11.3 Å². The zero-order chi connectivity index (χ0) is 23.8. The van der Waals surface area contributed by atoms with E-state index in [2.05, 4.69) is 16.0 Å². The molecule has 10 heteroatoms.